The largest absolute Gasteiger partial charge is 0.484 e. The van der Waals surface area contributed by atoms with Gasteiger partial charge in [-0.2, -0.15) is 10.1 Å². The average Bonchev–Trinajstić information content (AvgIpc) is 3.07. The van der Waals surface area contributed by atoms with E-state index in [2.05, 4.69) is 25.3 Å². The molecular formula is C11H8ClN5O2. The van der Waals surface area contributed by atoms with Crippen LogP contribution in [0.1, 0.15) is 5.89 Å². The summed E-state index contributed by atoms with van der Waals surface area (Å²) in [5, 5.41) is 10.7. The van der Waals surface area contributed by atoms with Crippen LogP contribution in [-0.2, 0) is 6.61 Å². The lowest BCUT2D eigenvalue weighted by Crippen LogP contribution is -1.95. The van der Waals surface area contributed by atoms with Gasteiger partial charge in [0.15, 0.2) is 12.4 Å². The fourth-order valence-electron chi connectivity index (χ4n) is 1.42. The first kappa shape index (κ1) is 11.7. The zero-order chi connectivity index (χ0) is 13.1. The van der Waals surface area contributed by atoms with Crippen LogP contribution in [0, 0.1) is 0 Å². The molecule has 0 fully saturated rings. The molecule has 0 saturated heterocycles. The fraction of sp³-hybridized carbons (Fsp3) is 0.0909. The van der Waals surface area contributed by atoms with Gasteiger partial charge in [0.2, 0.25) is 5.82 Å². The van der Waals surface area contributed by atoms with Crippen molar-refractivity contribution in [3.05, 3.63) is 41.5 Å². The predicted molar refractivity (Wildman–Crippen MR) is 65.5 cm³/mol. The van der Waals surface area contributed by atoms with Crippen molar-refractivity contribution < 1.29 is 9.26 Å². The highest BCUT2D eigenvalue weighted by Gasteiger charge is 2.11. The SMILES string of the molecule is Clc1cccc(OCc2nc(-c3ncn[nH]3)no2)c1. The number of aromatic amines is 1. The molecular weight excluding hydrogens is 270 g/mol. The zero-order valence-corrected chi connectivity index (χ0v) is 10.3. The van der Waals surface area contributed by atoms with Crippen LogP contribution >= 0.6 is 11.6 Å². The second-order valence-corrected chi connectivity index (χ2v) is 4.03. The van der Waals surface area contributed by atoms with Gasteiger partial charge in [-0.15, -0.1) is 0 Å². The van der Waals surface area contributed by atoms with Crippen molar-refractivity contribution in [2.45, 2.75) is 6.61 Å². The molecule has 0 aliphatic heterocycles. The van der Waals surface area contributed by atoms with Crippen LogP contribution in [-0.4, -0.2) is 25.3 Å². The third kappa shape index (κ3) is 2.71. The number of halogens is 1. The van der Waals surface area contributed by atoms with Crippen LogP contribution in [0.2, 0.25) is 5.02 Å². The minimum Gasteiger partial charge on any atom is -0.484 e. The van der Waals surface area contributed by atoms with Crippen molar-refractivity contribution in [2.75, 3.05) is 0 Å². The molecule has 96 valence electrons. The van der Waals surface area contributed by atoms with Gasteiger partial charge in [-0.25, -0.2) is 4.98 Å². The Kier molecular flexibility index (Phi) is 3.11. The molecule has 3 rings (SSSR count). The van der Waals surface area contributed by atoms with Gasteiger partial charge < -0.3 is 9.26 Å². The lowest BCUT2D eigenvalue weighted by molar-refractivity contribution is 0.243. The van der Waals surface area contributed by atoms with Crippen LogP contribution in [0.4, 0.5) is 0 Å². The van der Waals surface area contributed by atoms with Gasteiger partial charge in [-0.1, -0.05) is 22.8 Å². The Labute approximate surface area is 112 Å². The van der Waals surface area contributed by atoms with Crippen molar-refractivity contribution in [2.24, 2.45) is 0 Å². The topological polar surface area (TPSA) is 89.7 Å². The molecule has 0 atom stereocenters. The molecule has 1 aromatic carbocycles. The van der Waals surface area contributed by atoms with Crippen molar-refractivity contribution >= 4 is 11.6 Å². The van der Waals surface area contributed by atoms with Crippen LogP contribution < -0.4 is 4.74 Å². The Morgan fingerprint density at radius 3 is 3.11 bits per heavy atom. The van der Waals surface area contributed by atoms with Crippen LogP contribution in [0.25, 0.3) is 11.6 Å². The zero-order valence-electron chi connectivity index (χ0n) is 9.58. The monoisotopic (exact) mass is 277 g/mol. The Morgan fingerprint density at radius 2 is 2.32 bits per heavy atom. The van der Waals surface area contributed by atoms with Gasteiger partial charge in [0, 0.05) is 5.02 Å². The van der Waals surface area contributed by atoms with Crippen LogP contribution in [0.15, 0.2) is 35.1 Å². The maximum Gasteiger partial charge on any atom is 0.264 e. The molecule has 0 aliphatic carbocycles. The molecule has 7 nitrogen and oxygen atoms in total. The number of aromatic nitrogens is 5. The average molecular weight is 278 g/mol. The van der Waals surface area contributed by atoms with Gasteiger partial charge in [0.1, 0.15) is 12.1 Å². The van der Waals surface area contributed by atoms with E-state index in [0.717, 1.165) is 0 Å². The molecule has 8 heteroatoms. The van der Waals surface area contributed by atoms with E-state index in [0.29, 0.717) is 28.3 Å². The van der Waals surface area contributed by atoms with E-state index < -0.39 is 0 Å². The number of hydrogen-bond acceptors (Lipinski definition) is 6. The molecule has 19 heavy (non-hydrogen) atoms. The standard InChI is InChI=1S/C11H8ClN5O2/c12-7-2-1-3-8(4-7)18-5-9-15-11(17-19-9)10-13-6-14-16-10/h1-4,6H,5H2,(H,13,14,16). The summed E-state index contributed by atoms with van der Waals surface area (Å²) in [6.45, 7) is 0.154. The smallest absolute Gasteiger partial charge is 0.264 e. The molecule has 3 aromatic rings. The van der Waals surface area contributed by atoms with Crippen molar-refractivity contribution in [1.29, 1.82) is 0 Å². The third-order valence-corrected chi connectivity index (χ3v) is 2.49. The van der Waals surface area contributed by atoms with E-state index in [1.807, 2.05) is 0 Å². The highest BCUT2D eigenvalue weighted by Crippen LogP contribution is 2.18. The molecule has 0 saturated carbocycles. The van der Waals surface area contributed by atoms with E-state index in [1.54, 1.807) is 24.3 Å². The molecule has 2 aromatic heterocycles. The van der Waals surface area contributed by atoms with Gasteiger partial charge in [0.05, 0.1) is 0 Å². The molecule has 0 aliphatic rings. The summed E-state index contributed by atoms with van der Waals surface area (Å²) in [5.41, 5.74) is 0. The van der Waals surface area contributed by atoms with E-state index >= 15 is 0 Å². The van der Waals surface area contributed by atoms with E-state index in [1.165, 1.54) is 6.33 Å². The molecule has 0 bridgehead atoms. The van der Waals surface area contributed by atoms with Gasteiger partial charge >= 0.3 is 0 Å². The van der Waals surface area contributed by atoms with Gasteiger partial charge in [0.25, 0.3) is 5.89 Å². The fourth-order valence-corrected chi connectivity index (χ4v) is 1.61. The lowest BCUT2D eigenvalue weighted by atomic mass is 10.3. The van der Waals surface area contributed by atoms with Crippen molar-refractivity contribution in [3.8, 4) is 17.4 Å². The Morgan fingerprint density at radius 1 is 1.37 bits per heavy atom. The molecule has 2 heterocycles. The number of nitrogens with one attached hydrogen (secondary N) is 1. The lowest BCUT2D eigenvalue weighted by Gasteiger charge is -2.02. The number of rotatable bonds is 4. The second kappa shape index (κ2) is 5.07. The normalized spacial score (nSPS) is 10.6. The maximum atomic E-state index is 5.85. The minimum absolute atomic E-state index is 0.154. The third-order valence-electron chi connectivity index (χ3n) is 2.25. The summed E-state index contributed by atoms with van der Waals surface area (Å²) in [4.78, 5) is 8.04. The maximum absolute atomic E-state index is 5.85. The second-order valence-electron chi connectivity index (χ2n) is 3.59. The van der Waals surface area contributed by atoms with E-state index in [-0.39, 0.29) is 6.61 Å². The first-order valence-electron chi connectivity index (χ1n) is 5.38. The predicted octanol–water partition coefficient (Wildman–Crippen LogP) is 2.09. The number of H-pyrrole nitrogens is 1. The highest BCUT2D eigenvalue weighted by molar-refractivity contribution is 6.30. The summed E-state index contributed by atoms with van der Waals surface area (Å²) < 4.78 is 10.5. The van der Waals surface area contributed by atoms with Gasteiger partial charge in [-0.3, -0.25) is 5.10 Å². The van der Waals surface area contributed by atoms with Crippen LogP contribution in [0.3, 0.4) is 0 Å². The Bertz CT molecular complexity index is 667. The first-order chi connectivity index (χ1) is 9.31. The number of hydrogen-bond donors (Lipinski definition) is 1. The quantitative estimate of drug-likeness (QED) is 0.785. The van der Waals surface area contributed by atoms with E-state index in [9.17, 15) is 0 Å². The number of ether oxygens (including phenoxy) is 1. The van der Waals surface area contributed by atoms with Crippen molar-refractivity contribution in [3.63, 3.8) is 0 Å². The highest BCUT2D eigenvalue weighted by atomic mass is 35.5. The summed E-state index contributed by atoms with van der Waals surface area (Å²) in [6, 6.07) is 7.06. The summed E-state index contributed by atoms with van der Waals surface area (Å²) >= 11 is 5.85. The summed E-state index contributed by atoms with van der Waals surface area (Å²) in [6.07, 6.45) is 1.37. The van der Waals surface area contributed by atoms with Gasteiger partial charge in [-0.05, 0) is 18.2 Å². The minimum atomic E-state index is 0.154. The Balaban J connectivity index is 1.68. The van der Waals surface area contributed by atoms with Crippen molar-refractivity contribution in [1.82, 2.24) is 25.3 Å². The number of nitrogens with zero attached hydrogens (tertiary/aromatic N) is 4. The summed E-state index contributed by atoms with van der Waals surface area (Å²) in [7, 11) is 0. The Hall–Kier alpha value is -2.41. The van der Waals surface area contributed by atoms with Crippen LogP contribution in [0.5, 0.6) is 5.75 Å². The molecule has 0 radical (unpaired) electrons. The van der Waals surface area contributed by atoms with E-state index in [4.69, 9.17) is 20.9 Å². The first-order valence-corrected chi connectivity index (χ1v) is 5.76. The molecule has 0 unspecified atom stereocenters. The molecule has 0 amide bonds. The summed E-state index contributed by atoms with van der Waals surface area (Å²) in [5.74, 6) is 1.75. The molecule has 0 spiro atoms. The molecule has 1 N–H and O–H groups in total. The number of benzene rings is 1.